The fraction of sp³-hybridized carbons (Fsp3) is 0.350. The first kappa shape index (κ1) is 16.7. The van der Waals surface area contributed by atoms with Crippen LogP contribution in [0.3, 0.4) is 0 Å². The van der Waals surface area contributed by atoms with Crippen LogP contribution in [0.4, 0.5) is 5.82 Å². The second-order valence-corrected chi connectivity index (χ2v) is 8.15. The topological polar surface area (TPSA) is 108 Å². The molecular formula is C20H20N8. The quantitative estimate of drug-likeness (QED) is 0.572. The average molecular weight is 372 g/mol. The molecule has 0 bridgehead atoms. The summed E-state index contributed by atoms with van der Waals surface area (Å²) in [5.74, 6) is 1.75. The van der Waals surface area contributed by atoms with Gasteiger partial charge in [-0.25, -0.2) is 9.97 Å². The Morgan fingerprint density at radius 1 is 1.14 bits per heavy atom. The molecule has 1 fully saturated rings. The van der Waals surface area contributed by atoms with E-state index in [0.717, 1.165) is 47.7 Å². The van der Waals surface area contributed by atoms with Crippen LogP contribution in [0.15, 0.2) is 36.8 Å². The van der Waals surface area contributed by atoms with Gasteiger partial charge in [0.1, 0.15) is 17.7 Å². The summed E-state index contributed by atoms with van der Waals surface area (Å²) in [5, 5.41) is 21.4. The van der Waals surface area contributed by atoms with Crippen molar-refractivity contribution in [3.8, 4) is 6.07 Å². The van der Waals surface area contributed by atoms with Crippen molar-refractivity contribution in [1.29, 1.82) is 5.26 Å². The minimum atomic E-state index is -0.126. The number of nitrogens with one attached hydrogen (secondary N) is 2. The summed E-state index contributed by atoms with van der Waals surface area (Å²) >= 11 is 0. The number of hydrogen-bond acceptors (Lipinski definition) is 6. The summed E-state index contributed by atoms with van der Waals surface area (Å²) in [6.45, 7) is 4.47. The third kappa shape index (κ3) is 2.51. The molecule has 4 aromatic rings. The number of nitrogens with zero attached hydrogens (tertiary/aromatic N) is 6. The van der Waals surface area contributed by atoms with Crippen molar-refractivity contribution in [2.24, 2.45) is 0 Å². The Kier molecular flexibility index (Phi) is 3.43. The van der Waals surface area contributed by atoms with E-state index in [0.29, 0.717) is 5.56 Å². The fourth-order valence-corrected chi connectivity index (χ4v) is 4.50. The molecule has 2 atom stereocenters. The first-order valence-electron chi connectivity index (χ1n) is 9.32. The Morgan fingerprint density at radius 3 is 2.82 bits per heavy atom. The zero-order valence-electron chi connectivity index (χ0n) is 15.8. The van der Waals surface area contributed by atoms with Gasteiger partial charge in [0.05, 0.1) is 17.3 Å². The van der Waals surface area contributed by atoms with Gasteiger partial charge in [-0.2, -0.15) is 5.26 Å². The highest BCUT2D eigenvalue weighted by Gasteiger charge is 2.46. The molecule has 140 valence electrons. The molecule has 4 aromatic heterocycles. The molecule has 5 rings (SSSR count). The molecule has 4 heterocycles. The molecule has 1 aliphatic carbocycles. The molecule has 1 saturated carbocycles. The van der Waals surface area contributed by atoms with Crippen molar-refractivity contribution in [2.75, 3.05) is 5.32 Å². The van der Waals surface area contributed by atoms with Crippen LogP contribution in [-0.2, 0) is 5.41 Å². The van der Waals surface area contributed by atoms with Gasteiger partial charge >= 0.3 is 0 Å². The molecule has 1 aliphatic rings. The molecule has 8 heteroatoms. The van der Waals surface area contributed by atoms with Crippen molar-refractivity contribution in [3.05, 3.63) is 48.2 Å². The first-order valence-corrected chi connectivity index (χ1v) is 9.32. The maximum absolute atomic E-state index is 8.95. The maximum atomic E-state index is 8.95. The second kappa shape index (κ2) is 5.76. The van der Waals surface area contributed by atoms with E-state index < -0.39 is 0 Å². The van der Waals surface area contributed by atoms with Gasteiger partial charge in [0.2, 0.25) is 0 Å². The molecule has 0 aromatic carbocycles. The van der Waals surface area contributed by atoms with Gasteiger partial charge in [0.25, 0.3) is 0 Å². The normalized spacial score (nSPS) is 24.6. The number of aromatic nitrogens is 6. The van der Waals surface area contributed by atoms with Crippen molar-refractivity contribution in [3.63, 3.8) is 0 Å². The molecule has 0 unspecified atom stereocenters. The lowest BCUT2D eigenvalue weighted by Gasteiger charge is -2.29. The SMILES string of the molecule is C[C@]1(Nc2ccc(C#N)cn2)CC[C@@](C)(c2nnc3cnc4[nH]ccc4n23)C1. The summed E-state index contributed by atoms with van der Waals surface area (Å²) in [6.07, 6.45) is 8.12. The minimum Gasteiger partial charge on any atom is -0.365 e. The number of anilines is 1. The zero-order chi connectivity index (χ0) is 19.4. The highest BCUT2D eigenvalue weighted by atomic mass is 15.3. The van der Waals surface area contributed by atoms with E-state index in [2.05, 4.69) is 54.8 Å². The molecule has 8 nitrogen and oxygen atoms in total. The van der Waals surface area contributed by atoms with Gasteiger partial charge in [0, 0.05) is 23.3 Å². The van der Waals surface area contributed by atoms with Gasteiger partial charge in [-0.1, -0.05) is 6.92 Å². The molecule has 0 spiro atoms. The van der Waals surface area contributed by atoms with E-state index in [1.165, 1.54) is 0 Å². The van der Waals surface area contributed by atoms with Crippen LogP contribution in [0.5, 0.6) is 0 Å². The Morgan fingerprint density at radius 2 is 2.04 bits per heavy atom. The summed E-state index contributed by atoms with van der Waals surface area (Å²) in [4.78, 5) is 11.9. The number of fused-ring (bicyclic) bond motifs is 3. The van der Waals surface area contributed by atoms with Crippen LogP contribution in [0.1, 0.15) is 44.5 Å². The maximum Gasteiger partial charge on any atom is 0.179 e. The Hall–Kier alpha value is -3.47. The molecule has 0 aliphatic heterocycles. The van der Waals surface area contributed by atoms with E-state index in [1.54, 1.807) is 18.5 Å². The lowest BCUT2D eigenvalue weighted by atomic mass is 9.85. The van der Waals surface area contributed by atoms with E-state index in [1.807, 2.05) is 18.3 Å². The third-order valence-corrected chi connectivity index (χ3v) is 5.81. The monoisotopic (exact) mass is 372 g/mol. The molecule has 2 N–H and O–H groups in total. The second-order valence-electron chi connectivity index (χ2n) is 8.15. The van der Waals surface area contributed by atoms with Gasteiger partial charge in [-0.15, -0.1) is 10.2 Å². The van der Waals surface area contributed by atoms with Crippen molar-refractivity contribution in [2.45, 2.75) is 44.1 Å². The van der Waals surface area contributed by atoms with E-state index in [9.17, 15) is 0 Å². The number of rotatable bonds is 3. The number of nitriles is 1. The summed E-state index contributed by atoms with van der Waals surface area (Å²) in [7, 11) is 0. The predicted octanol–water partition coefficient (Wildman–Crippen LogP) is 3.18. The number of H-pyrrole nitrogens is 1. The third-order valence-electron chi connectivity index (χ3n) is 5.81. The number of aromatic amines is 1. The van der Waals surface area contributed by atoms with Crippen molar-refractivity contribution < 1.29 is 0 Å². The van der Waals surface area contributed by atoms with Crippen molar-refractivity contribution in [1.82, 2.24) is 29.5 Å². The molecule has 0 radical (unpaired) electrons. The highest BCUT2D eigenvalue weighted by Crippen LogP contribution is 2.46. The average Bonchev–Trinajstić information content (AvgIpc) is 3.39. The Labute approximate surface area is 161 Å². The number of hydrogen-bond donors (Lipinski definition) is 2. The van der Waals surface area contributed by atoms with Gasteiger partial charge < -0.3 is 10.3 Å². The summed E-state index contributed by atoms with van der Waals surface area (Å²) in [5.41, 5.74) is 2.90. The summed E-state index contributed by atoms with van der Waals surface area (Å²) in [6, 6.07) is 7.76. The molecule has 0 amide bonds. The Balaban J connectivity index is 1.49. The fourth-order valence-electron chi connectivity index (χ4n) is 4.50. The van der Waals surface area contributed by atoms with E-state index in [4.69, 9.17) is 5.26 Å². The molecule has 28 heavy (non-hydrogen) atoms. The van der Waals surface area contributed by atoms with Gasteiger partial charge in [-0.05, 0) is 44.4 Å². The van der Waals surface area contributed by atoms with Crippen LogP contribution < -0.4 is 5.32 Å². The van der Waals surface area contributed by atoms with Gasteiger partial charge in [-0.3, -0.25) is 4.40 Å². The van der Waals surface area contributed by atoms with Crippen LogP contribution in [0.25, 0.3) is 16.8 Å². The largest absolute Gasteiger partial charge is 0.365 e. The summed E-state index contributed by atoms with van der Waals surface area (Å²) < 4.78 is 2.12. The van der Waals surface area contributed by atoms with E-state index in [-0.39, 0.29) is 11.0 Å². The van der Waals surface area contributed by atoms with Gasteiger partial charge in [0.15, 0.2) is 11.3 Å². The highest BCUT2D eigenvalue weighted by molar-refractivity contribution is 5.74. The van der Waals surface area contributed by atoms with Crippen LogP contribution in [0.2, 0.25) is 0 Å². The van der Waals surface area contributed by atoms with Crippen LogP contribution in [-0.4, -0.2) is 35.1 Å². The lowest BCUT2D eigenvalue weighted by molar-refractivity contribution is 0.421. The number of pyridine rings is 1. The van der Waals surface area contributed by atoms with Crippen LogP contribution >= 0.6 is 0 Å². The smallest absolute Gasteiger partial charge is 0.179 e. The predicted molar refractivity (Wildman–Crippen MR) is 105 cm³/mol. The standard InChI is InChI=1S/C20H20N8/c1-19(18-27-26-16-11-24-17-14(28(16)18)5-8-22-17)6-7-20(2,12-19)25-15-4-3-13(9-21)10-23-15/h3-5,8,10-11,22H,6-7,12H2,1-2H3,(H,23,25)/t19-,20+/m1/s1. The molecule has 0 saturated heterocycles. The van der Waals surface area contributed by atoms with Crippen molar-refractivity contribution >= 4 is 22.6 Å². The lowest BCUT2D eigenvalue weighted by Crippen LogP contribution is -2.35. The molecular weight excluding hydrogens is 352 g/mol. The van der Waals surface area contributed by atoms with E-state index >= 15 is 0 Å². The zero-order valence-corrected chi connectivity index (χ0v) is 15.8. The Bertz CT molecular complexity index is 1210. The van der Waals surface area contributed by atoms with Crippen LogP contribution in [0, 0.1) is 11.3 Å². The first-order chi connectivity index (χ1) is 13.5. The minimum absolute atomic E-state index is 0.119.